The fourth-order valence-corrected chi connectivity index (χ4v) is 1.37. The Morgan fingerprint density at radius 2 is 2.58 bits per heavy atom. The van der Waals surface area contributed by atoms with Crippen LogP contribution < -0.4 is 0 Å². The van der Waals surface area contributed by atoms with E-state index in [1.165, 1.54) is 6.21 Å². The predicted molar refractivity (Wildman–Crippen MR) is 46.2 cm³/mol. The molecule has 0 radical (unpaired) electrons. The second-order valence-electron chi connectivity index (χ2n) is 2.35. The molecule has 1 unspecified atom stereocenters. The fourth-order valence-electron chi connectivity index (χ4n) is 0.860. The van der Waals surface area contributed by atoms with Gasteiger partial charge in [0.2, 0.25) is 5.67 Å². The van der Waals surface area contributed by atoms with Crippen LogP contribution in [0.2, 0.25) is 0 Å². The van der Waals surface area contributed by atoms with Crippen LogP contribution in [0.25, 0.3) is 0 Å². The van der Waals surface area contributed by atoms with Crippen molar-refractivity contribution in [1.29, 1.82) is 0 Å². The molecule has 1 aliphatic heterocycles. The first-order valence-corrected chi connectivity index (χ1v) is 4.03. The number of dihydropyridines is 1. The molecular weight excluding hydrogens is 229 g/mol. The van der Waals surface area contributed by atoms with E-state index in [9.17, 15) is 9.18 Å². The summed E-state index contributed by atoms with van der Waals surface area (Å²) in [5.41, 5.74) is -2.11. The maximum Gasteiger partial charge on any atom is 0.349 e. The summed E-state index contributed by atoms with van der Waals surface area (Å²) in [6, 6.07) is 0. The van der Waals surface area contributed by atoms with Crippen LogP contribution in [0.4, 0.5) is 4.39 Å². The van der Waals surface area contributed by atoms with E-state index in [0.717, 1.165) is 13.2 Å². The Hall–Kier alpha value is -0.710. The first kappa shape index (κ1) is 9.38. The molecule has 5 heteroatoms. The number of esters is 1. The highest BCUT2D eigenvalue weighted by Crippen LogP contribution is 2.23. The minimum absolute atomic E-state index is 0.214. The normalized spacial score (nSPS) is 28.1. The molecule has 0 amide bonds. The van der Waals surface area contributed by atoms with Gasteiger partial charge in [-0.3, -0.25) is 4.99 Å². The van der Waals surface area contributed by atoms with Crippen molar-refractivity contribution >= 4 is 28.1 Å². The number of halogens is 2. The minimum atomic E-state index is -2.11. The maximum atomic E-state index is 13.5. The largest absolute Gasteiger partial charge is 0.466 e. The van der Waals surface area contributed by atoms with Crippen LogP contribution in [0, 0.1) is 0 Å². The summed E-state index contributed by atoms with van der Waals surface area (Å²) in [5, 5.41) is 0. The molecule has 1 atom stereocenters. The predicted octanol–water partition coefficient (Wildman–Crippen LogP) is 1.23. The number of carbonyl (C=O) groups is 1. The molecule has 0 aliphatic carbocycles. The molecule has 1 aliphatic rings. The van der Waals surface area contributed by atoms with Crippen molar-refractivity contribution in [2.75, 3.05) is 13.7 Å². The number of alkyl halides is 1. The fraction of sp³-hybridized carbons (Fsp3) is 0.429. The Morgan fingerprint density at radius 1 is 1.92 bits per heavy atom. The van der Waals surface area contributed by atoms with Gasteiger partial charge in [0.25, 0.3) is 0 Å². The zero-order valence-electron chi connectivity index (χ0n) is 6.38. The molecule has 1 rings (SSSR count). The summed E-state index contributed by atoms with van der Waals surface area (Å²) in [4.78, 5) is 14.6. The Kier molecular flexibility index (Phi) is 2.62. The van der Waals surface area contributed by atoms with E-state index in [1.807, 2.05) is 0 Å². The van der Waals surface area contributed by atoms with Crippen molar-refractivity contribution in [2.45, 2.75) is 5.67 Å². The van der Waals surface area contributed by atoms with E-state index in [2.05, 4.69) is 25.7 Å². The van der Waals surface area contributed by atoms with E-state index >= 15 is 0 Å². The summed E-state index contributed by atoms with van der Waals surface area (Å²) < 4.78 is 18.3. The topological polar surface area (TPSA) is 38.7 Å². The van der Waals surface area contributed by atoms with Crippen molar-refractivity contribution < 1.29 is 13.9 Å². The highest BCUT2D eigenvalue weighted by atomic mass is 79.9. The molecule has 0 aromatic rings. The summed E-state index contributed by atoms with van der Waals surface area (Å²) in [6.07, 6.45) is 2.59. The molecule has 0 fully saturated rings. The van der Waals surface area contributed by atoms with Crippen molar-refractivity contribution in [1.82, 2.24) is 0 Å². The molecule has 1 heterocycles. The molecule has 0 N–H and O–H groups in total. The molecule has 3 nitrogen and oxygen atoms in total. The maximum absolute atomic E-state index is 13.5. The number of ether oxygens (including phenoxy) is 1. The van der Waals surface area contributed by atoms with Crippen molar-refractivity contribution in [3.05, 3.63) is 10.6 Å². The minimum Gasteiger partial charge on any atom is -0.466 e. The SMILES string of the molecule is COC(=O)C1(F)C=C(Br)C=NC1. The van der Waals surface area contributed by atoms with Gasteiger partial charge in [-0.25, -0.2) is 9.18 Å². The molecule has 0 bridgehead atoms. The van der Waals surface area contributed by atoms with Gasteiger partial charge in [-0.2, -0.15) is 0 Å². The zero-order chi connectivity index (χ0) is 9.19. The van der Waals surface area contributed by atoms with Gasteiger partial charge < -0.3 is 4.74 Å². The average molecular weight is 236 g/mol. The summed E-state index contributed by atoms with van der Waals surface area (Å²) in [5.74, 6) is -0.920. The summed E-state index contributed by atoms with van der Waals surface area (Å²) >= 11 is 3.03. The third-order valence-corrected chi connectivity index (χ3v) is 1.86. The number of methoxy groups -OCH3 is 1. The van der Waals surface area contributed by atoms with Crippen LogP contribution >= 0.6 is 15.9 Å². The van der Waals surface area contributed by atoms with Crippen LogP contribution in [-0.4, -0.2) is 31.5 Å². The number of hydrogen-bond donors (Lipinski definition) is 0. The lowest BCUT2D eigenvalue weighted by Gasteiger charge is -2.18. The number of hydrogen-bond acceptors (Lipinski definition) is 3. The lowest BCUT2D eigenvalue weighted by atomic mass is 10.1. The Balaban J connectivity index is 2.87. The average Bonchev–Trinajstić information content (AvgIpc) is 2.02. The second kappa shape index (κ2) is 3.35. The van der Waals surface area contributed by atoms with Gasteiger partial charge in [0.1, 0.15) is 0 Å². The number of carbonyl (C=O) groups excluding carboxylic acids is 1. The van der Waals surface area contributed by atoms with Crippen LogP contribution in [-0.2, 0) is 9.53 Å². The van der Waals surface area contributed by atoms with E-state index in [1.54, 1.807) is 0 Å². The van der Waals surface area contributed by atoms with Crippen LogP contribution in [0.1, 0.15) is 0 Å². The zero-order valence-corrected chi connectivity index (χ0v) is 7.97. The van der Waals surface area contributed by atoms with Gasteiger partial charge in [-0.1, -0.05) is 0 Å². The molecule has 0 saturated heterocycles. The monoisotopic (exact) mass is 235 g/mol. The quantitative estimate of drug-likeness (QED) is 0.642. The Bertz CT molecular complexity index is 264. The third-order valence-electron chi connectivity index (χ3n) is 1.43. The van der Waals surface area contributed by atoms with E-state index in [0.29, 0.717) is 4.48 Å². The number of nitrogens with zero attached hydrogens (tertiary/aromatic N) is 1. The van der Waals surface area contributed by atoms with Crippen molar-refractivity contribution in [3.63, 3.8) is 0 Å². The van der Waals surface area contributed by atoms with E-state index < -0.39 is 11.6 Å². The van der Waals surface area contributed by atoms with Gasteiger partial charge in [0, 0.05) is 10.7 Å². The number of aliphatic imine (C=N–C) groups is 1. The lowest BCUT2D eigenvalue weighted by Crippen LogP contribution is -2.37. The van der Waals surface area contributed by atoms with E-state index in [4.69, 9.17) is 0 Å². The standard InChI is InChI=1S/C7H7BrFNO2/c1-12-6(11)7(9)2-5(8)3-10-4-7/h2-3H,4H2,1H3. The van der Waals surface area contributed by atoms with Gasteiger partial charge in [-0.05, 0) is 22.0 Å². The van der Waals surface area contributed by atoms with Crippen LogP contribution in [0.5, 0.6) is 0 Å². The molecule has 0 aromatic carbocycles. The van der Waals surface area contributed by atoms with Gasteiger partial charge in [-0.15, -0.1) is 0 Å². The van der Waals surface area contributed by atoms with Gasteiger partial charge >= 0.3 is 5.97 Å². The summed E-state index contributed by atoms with van der Waals surface area (Å²) in [6.45, 7) is -0.214. The lowest BCUT2D eigenvalue weighted by molar-refractivity contribution is -0.150. The smallest absolute Gasteiger partial charge is 0.349 e. The second-order valence-corrected chi connectivity index (χ2v) is 3.27. The Morgan fingerprint density at radius 3 is 3.08 bits per heavy atom. The first-order valence-electron chi connectivity index (χ1n) is 3.24. The number of allylic oxidation sites excluding steroid dienone is 1. The Labute approximate surface area is 77.4 Å². The van der Waals surface area contributed by atoms with Gasteiger partial charge in [0.05, 0.1) is 13.7 Å². The molecule has 0 aromatic heterocycles. The highest BCUT2D eigenvalue weighted by molar-refractivity contribution is 9.12. The first-order chi connectivity index (χ1) is 5.58. The van der Waals surface area contributed by atoms with Crippen molar-refractivity contribution in [2.24, 2.45) is 4.99 Å². The molecular formula is C7H7BrFNO2. The molecule has 12 heavy (non-hydrogen) atoms. The van der Waals surface area contributed by atoms with Gasteiger partial charge in [0.15, 0.2) is 0 Å². The molecule has 0 spiro atoms. The van der Waals surface area contributed by atoms with Crippen LogP contribution in [0.3, 0.4) is 0 Å². The molecule has 0 saturated carbocycles. The number of rotatable bonds is 1. The third kappa shape index (κ3) is 1.72. The highest BCUT2D eigenvalue weighted by Gasteiger charge is 2.39. The van der Waals surface area contributed by atoms with Crippen LogP contribution in [0.15, 0.2) is 15.6 Å². The van der Waals surface area contributed by atoms with E-state index in [-0.39, 0.29) is 6.54 Å². The summed E-state index contributed by atoms with van der Waals surface area (Å²) in [7, 11) is 1.14. The van der Waals surface area contributed by atoms with Crippen molar-refractivity contribution in [3.8, 4) is 0 Å². The molecule has 66 valence electrons.